The highest BCUT2D eigenvalue weighted by Crippen LogP contribution is 2.39. The number of benzene rings is 1. The summed E-state index contributed by atoms with van der Waals surface area (Å²) in [6.07, 6.45) is 6.14. The molecular formula is C33H44N8O4S. The lowest BCUT2D eigenvalue weighted by molar-refractivity contribution is 0.0496. The molecule has 13 heteroatoms. The Hall–Kier alpha value is -4.18. The van der Waals surface area contributed by atoms with Gasteiger partial charge in [-0.25, -0.2) is 14.6 Å². The first-order chi connectivity index (χ1) is 21.6. The number of carbonyl (C=O) groups excluding carboxylic acids is 2. The minimum atomic E-state index is -0.674. The maximum atomic E-state index is 13.4. The second-order valence-electron chi connectivity index (χ2n) is 14.2. The van der Waals surface area contributed by atoms with Crippen LogP contribution in [0.1, 0.15) is 78.4 Å². The molecule has 12 nitrogen and oxygen atoms in total. The molecule has 2 N–H and O–H groups in total. The molecule has 1 aromatic carbocycles. The molecule has 2 amide bonds. The number of amides is 2. The van der Waals surface area contributed by atoms with Gasteiger partial charge in [0.2, 0.25) is 0 Å². The molecule has 5 rings (SSSR count). The summed E-state index contributed by atoms with van der Waals surface area (Å²) >= 11 is 1.72. The molecule has 2 saturated carbocycles. The molecule has 0 unspecified atom stereocenters. The maximum absolute atomic E-state index is 13.4. The summed E-state index contributed by atoms with van der Waals surface area (Å²) in [4.78, 5) is 34.4. The van der Waals surface area contributed by atoms with Crippen LogP contribution < -0.4 is 20.4 Å². The van der Waals surface area contributed by atoms with E-state index in [1.807, 2.05) is 54.7 Å². The standard InChI is InChI=1S/C33H44N8O4S/c1-31(2,3)44-29(42)38-33(13-14-33)20-39(7)25-12-9-23(15-21(25)19-46-8)36-26-16-27(41-28(37-26)22(17-34)18-35-41)40(24-10-11-24)30(43)45-32(4,5)6/h9,12,15-16,18,24H,10-11,13-14,19-20H2,1-8H3,(H,36,37)(H,38,42). The van der Waals surface area contributed by atoms with Crippen LogP contribution in [0.25, 0.3) is 5.65 Å². The molecule has 2 aliphatic carbocycles. The number of thioether (sulfide) groups is 1. The molecule has 246 valence electrons. The van der Waals surface area contributed by atoms with Crippen LogP contribution in [0.3, 0.4) is 0 Å². The Morgan fingerprint density at radius 2 is 1.83 bits per heavy atom. The van der Waals surface area contributed by atoms with Gasteiger partial charge in [0, 0.05) is 42.8 Å². The molecular weight excluding hydrogens is 604 g/mol. The lowest BCUT2D eigenvalue weighted by atomic mass is 10.1. The van der Waals surface area contributed by atoms with Gasteiger partial charge in [-0.3, -0.25) is 4.90 Å². The second-order valence-corrected chi connectivity index (χ2v) is 15.0. The number of likely N-dealkylation sites (N-methyl/N-ethyl adjacent to an activating group) is 1. The van der Waals surface area contributed by atoms with Crippen molar-refractivity contribution in [2.75, 3.05) is 35.0 Å². The molecule has 0 atom stereocenters. The minimum Gasteiger partial charge on any atom is -0.444 e. The molecule has 2 heterocycles. The van der Waals surface area contributed by atoms with Crippen LogP contribution in [0.2, 0.25) is 0 Å². The fourth-order valence-electron chi connectivity index (χ4n) is 5.32. The Balaban J connectivity index is 1.42. The summed E-state index contributed by atoms with van der Waals surface area (Å²) in [5.41, 5.74) is 2.10. The first kappa shape index (κ1) is 33.2. The Kier molecular flexibility index (Phi) is 9.05. The first-order valence-corrected chi connectivity index (χ1v) is 16.9. The number of nitriles is 1. The van der Waals surface area contributed by atoms with Crippen LogP contribution in [0, 0.1) is 11.3 Å². The van der Waals surface area contributed by atoms with Crippen molar-refractivity contribution in [1.29, 1.82) is 5.26 Å². The third-order valence-corrected chi connectivity index (χ3v) is 8.14. The predicted octanol–water partition coefficient (Wildman–Crippen LogP) is 6.60. The van der Waals surface area contributed by atoms with E-state index in [2.05, 4.69) is 45.1 Å². The summed E-state index contributed by atoms with van der Waals surface area (Å²) in [6.45, 7) is 11.7. The van der Waals surface area contributed by atoms with Gasteiger partial charge in [0.15, 0.2) is 5.65 Å². The normalized spacial score (nSPS) is 15.5. The summed E-state index contributed by atoms with van der Waals surface area (Å²) in [6, 6.07) is 10.0. The number of nitrogens with one attached hydrogen (secondary N) is 2. The van der Waals surface area contributed by atoms with Gasteiger partial charge in [-0.15, -0.1) is 0 Å². The molecule has 2 aromatic heterocycles. The number of hydrogen-bond acceptors (Lipinski definition) is 10. The molecule has 3 aromatic rings. The number of alkyl carbamates (subject to hydrolysis) is 1. The first-order valence-electron chi connectivity index (χ1n) is 15.5. The number of ether oxygens (including phenoxy) is 2. The zero-order valence-electron chi connectivity index (χ0n) is 27.9. The zero-order chi connectivity index (χ0) is 33.4. The third kappa shape index (κ3) is 7.96. The van der Waals surface area contributed by atoms with E-state index < -0.39 is 23.4 Å². The van der Waals surface area contributed by atoms with Crippen molar-refractivity contribution in [1.82, 2.24) is 19.9 Å². The molecule has 0 aliphatic heterocycles. The number of anilines is 4. The summed E-state index contributed by atoms with van der Waals surface area (Å²) < 4.78 is 12.8. The number of fused-ring (bicyclic) bond motifs is 1. The van der Waals surface area contributed by atoms with E-state index in [-0.39, 0.29) is 11.6 Å². The van der Waals surface area contributed by atoms with Gasteiger partial charge in [0.05, 0.1) is 11.7 Å². The van der Waals surface area contributed by atoms with Crippen molar-refractivity contribution >= 4 is 52.6 Å². The summed E-state index contributed by atoms with van der Waals surface area (Å²) in [5.74, 6) is 1.73. The Labute approximate surface area is 274 Å². The molecule has 0 saturated heterocycles. The van der Waals surface area contributed by atoms with Crippen molar-refractivity contribution in [3.8, 4) is 6.07 Å². The summed E-state index contributed by atoms with van der Waals surface area (Å²) in [5, 5.41) is 20.7. The second kappa shape index (κ2) is 12.5. The van der Waals surface area contributed by atoms with Gasteiger partial charge in [-0.1, -0.05) is 0 Å². The Morgan fingerprint density at radius 3 is 2.41 bits per heavy atom. The molecule has 2 aliphatic rings. The number of rotatable bonds is 10. The average molecular weight is 649 g/mol. The van der Waals surface area contributed by atoms with E-state index in [0.29, 0.717) is 29.4 Å². The van der Waals surface area contributed by atoms with Crippen molar-refractivity contribution in [3.63, 3.8) is 0 Å². The number of nitrogens with zero attached hydrogens (tertiary/aromatic N) is 6. The number of aromatic nitrogens is 3. The van der Waals surface area contributed by atoms with Crippen LogP contribution >= 0.6 is 11.8 Å². The largest absolute Gasteiger partial charge is 0.444 e. The van der Waals surface area contributed by atoms with E-state index in [9.17, 15) is 14.9 Å². The maximum Gasteiger partial charge on any atom is 0.416 e. The Morgan fingerprint density at radius 1 is 1.13 bits per heavy atom. The highest BCUT2D eigenvalue weighted by Gasteiger charge is 2.46. The van der Waals surface area contributed by atoms with Crippen LogP contribution in [-0.4, -0.2) is 69.4 Å². The van der Waals surface area contributed by atoms with Crippen LogP contribution in [0.15, 0.2) is 30.5 Å². The quantitative estimate of drug-likeness (QED) is 0.247. The van der Waals surface area contributed by atoms with Gasteiger partial charge < -0.3 is 25.0 Å². The van der Waals surface area contributed by atoms with E-state index in [1.54, 1.807) is 22.7 Å². The Bertz CT molecular complexity index is 1660. The molecule has 0 radical (unpaired) electrons. The number of hydrogen-bond donors (Lipinski definition) is 2. The highest BCUT2D eigenvalue weighted by atomic mass is 32.2. The van der Waals surface area contributed by atoms with Crippen molar-refractivity contribution in [2.45, 2.75) is 95.8 Å². The van der Waals surface area contributed by atoms with Crippen LogP contribution in [-0.2, 0) is 15.2 Å². The molecule has 2 fully saturated rings. The van der Waals surface area contributed by atoms with E-state index in [1.165, 1.54) is 10.7 Å². The van der Waals surface area contributed by atoms with Crippen molar-refractivity contribution in [2.24, 2.45) is 0 Å². The number of carbonyl (C=O) groups is 2. The topological polar surface area (TPSA) is 137 Å². The zero-order valence-corrected chi connectivity index (χ0v) is 28.7. The van der Waals surface area contributed by atoms with Crippen LogP contribution in [0.5, 0.6) is 0 Å². The molecule has 0 spiro atoms. The van der Waals surface area contributed by atoms with Gasteiger partial charge in [-0.05, 0) is 97.2 Å². The van der Waals surface area contributed by atoms with Gasteiger partial charge in [-0.2, -0.15) is 26.6 Å². The average Bonchev–Trinajstić information content (AvgIpc) is 3.86. The predicted molar refractivity (Wildman–Crippen MR) is 181 cm³/mol. The fourth-order valence-corrected chi connectivity index (χ4v) is 5.86. The van der Waals surface area contributed by atoms with Gasteiger partial charge >= 0.3 is 12.2 Å². The minimum absolute atomic E-state index is 0.0226. The van der Waals surface area contributed by atoms with E-state index >= 15 is 0 Å². The van der Waals surface area contributed by atoms with Gasteiger partial charge in [0.1, 0.15) is 34.5 Å². The van der Waals surface area contributed by atoms with Gasteiger partial charge in [0.25, 0.3) is 0 Å². The highest BCUT2D eigenvalue weighted by molar-refractivity contribution is 7.97. The fraction of sp³-hybridized carbons (Fsp3) is 0.545. The van der Waals surface area contributed by atoms with Crippen molar-refractivity contribution in [3.05, 3.63) is 41.6 Å². The smallest absolute Gasteiger partial charge is 0.416 e. The third-order valence-electron chi connectivity index (χ3n) is 7.54. The monoisotopic (exact) mass is 648 g/mol. The molecule has 46 heavy (non-hydrogen) atoms. The lowest BCUT2D eigenvalue weighted by Gasteiger charge is -2.29. The van der Waals surface area contributed by atoms with Crippen LogP contribution in [0.4, 0.5) is 32.6 Å². The van der Waals surface area contributed by atoms with Crippen molar-refractivity contribution < 1.29 is 19.1 Å². The SMILES string of the molecule is CSCc1cc(Nc2cc(N(C(=O)OC(C)(C)C)C3CC3)n3ncc(C#N)c3n2)ccc1N(C)CC1(NC(=O)OC(C)(C)C)CC1. The lowest BCUT2D eigenvalue weighted by Crippen LogP contribution is -2.46. The summed E-state index contributed by atoms with van der Waals surface area (Å²) in [7, 11) is 2.04. The van der Waals surface area contributed by atoms with E-state index in [4.69, 9.17) is 14.5 Å². The van der Waals surface area contributed by atoms with E-state index in [0.717, 1.165) is 48.4 Å². The molecule has 0 bridgehead atoms.